The Morgan fingerprint density at radius 3 is 2.49 bits per heavy atom. The predicted molar refractivity (Wildman–Crippen MR) is 143 cm³/mol. The second kappa shape index (κ2) is 13.0. The fourth-order valence-electron chi connectivity index (χ4n) is 4.96. The van der Waals surface area contributed by atoms with Crippen LogP contribution in [0.1, 0.15) is 30.4 Å². The Morgan fingerprint density at radius 1 is 0.946 bits per heavy atom. The lowest BCUT2D eigenvalue weighted by atomic mass is 10.1. The molecule has 0 aliphatic carbocycles. The summed E-state index contributed by atoms with van der Waals surface area (Å²) in [7, 11) is 1.50. The first-order valence-electron chi connectivity index (χ1n) is 12.8. The Kier molecular flexibility index (Phi) is 9.55. The van der Waals surface area contributed by atoms with Crippen LogP contribution in [0.25, 0.3) is 0 Å². The molecule has 198 valence electrons. The monoisotopic (exact) mass is 526 g/mol. The topological polar surface area (TPSA) is 73.4 Å². The van der Waals surface area contributed by atoms with Crippen molar-refractivity contribution in [2.75, 3.05) is 57.9 Å². The van der Waals surface area contributed by atoms with Gasteiger partial charge in [0.1, 0.15) is 6.61 Å². The van der Waals surface area contributed by atoms with Crippen molar-refractivity contribution in [2.24, 2.45) is 0 Å². The highest BCUT2D eigenvalue weighted by Gasteiger charge is 2.27. The van der Waals surface area contributed by atoms with Crippen molar-refractivity contribution in [3.8, 4) is 0 Å². The standard InChI is InChI=1S/C28H35ClN4O4/c1-37-21-28(36)33-14-6-12-30(18-22-7-3-2-4-8-22)15-16-32(19-23-10-11-24(29)17-25(23)33)27(35)20-31-13-5-9-26(31)34/h2-4,7-8,10-11,17H,5-6,9,12-16,18-21H2,1H3. The maximum atomic E-state index is 13.5. The van der Waals surface area contributed by atoms with E-state index >= 15 is 0 Å². The molecule has 2 aromatic rings. The lowest BCUT2D eigenvalue weighted by Crippen LogP contribution is -2.43. The molecule has 9 heteroatoms. The molecule has 2 aromatic carbocycles. The van der Waals surface area contributed by atoms with Crippen LogP contribution in [-0.4, -0.2) is 85.4 Å². The van der Waals surface area contributed by atoms with Gasteiger partial charge in [0, 0.05) is 64.4 Å². The third-order valence-electron chi connectivity index (χ3n) is 6.91. The van der Waals surface area contributed by atoms with Gasteiger partial charge in [0.2, 0.25) is 11.8 Å². The van der Waals surface area contributed by atoms with Crippen molar-refractivity contribution in [2.45, 2.75) is 32.4 Å². The summed E-state index contributed by atoms with van der Waals surface area (Å²) in [5.74, 6) is -0.217. The molecule has 0 N–H and O–H groups in total. The third kappa shape index (κ3) is 7.31. The van der Waals surface area contributed by atoms with Gasteiger partial charge < -0.3 is 19.4 Å². The molecule has 0 spiro atoms. The van der Waals surface area contributed by atoms with Crippen molar-refractivity contribution in [1.29, 1.82) is 0 Å². The number of amides is 3. The molecule has 0 aromatic heterocycles. The maximum Gasteiger partial charge on any atom is 0.252 e. The fourth-order valence-corrected chi connectivity index (χ4v) is 5.13. The summed E-state index contributed by atoms with van der Waals surface area (Å²) < 4.78 is 5.16. The molecular weight excluding hydrogens is 492 g/mol. The number of hydrogen-bond donors (Lipinski definition) is 0. The summed E-state index contributed by atoms with van der Waals surface area (Å²) in [6, 6.07) is 15.7. The van der Waals surface area contributed by atoms with Gasteiger partial charge in [-0.2, -0.15) is 0 Å². The first kappa shape index (κ1) is 27.1. The van der Waals surface area contributed by atoms with E-state index in [-0.39, 0.29) is 30.9 Å². The highest BCUT2D eigenvalue weighted by Crippen LogP contribution is 2.28. The summed E-state index contributed by atoms with van der Waals surface area (Å²) in [5, 5.41) is 0.523. The summed E-state index contributed by atoms with van der Waals surface area (Å²) in [4.78, 5) is 46.3. The van der Waals surface area contributed by atoms with E-state index in [1.54, 1.807) is 26.8 Å². The minimum Gasteiger partial charge on any atom is -0.375 e. The van der Waals surface area contributed by atoms with E-state index in [1.165, 1.54) is 12.7 Å². The first-order valence-corrected chi connectivity index (χ1v) is 13.2. The number of methoxy groups -OCH3 is 1. The molecule has 37 heavy (non-hydrogen) atoms. The first-order chi connectivity index (χ1) is 17.9. The van der Waals surface area contributed by atoms with Crippen LogP contribution in [-0.2, 0) is 32.2 Å². The number of carbonyl (C=O) groups is 3. The number of halogens is 1. The maximum absolute atomic E-state index is 13.5. The number of ether oxygens (including phenoxy) is 1. The Hall–Kier alpha value is -2.94. The molecule has 0 atom stereocenters. The normalized spacial score (nSPS) is 17.5. The lowest BCUT2D eigenvalue weighted by molar-refractivity contribution is -0.138. The van der Waals surface area contributed by atoms with Crippen molar-refractivity contribution in [3.05, 3.63) is 64.7 Å². The molecule has 2 aliphatic rings. The number of benzene rings is 2. The number of anilines is 1. The van der Waals surface area contributed by atoms with Crippen LogP contribution in [0.4, 0.5) is 5.69 Å². The zero-order valence-electron chi connectivity index (χ0n) is 21.4. The number of rotatable bonds is 6. The zero-order valence-corrected chi connectivity index (χ0v) is 22.2. The largest absolute Gasteiger partial charge is 0.375 e. The second-order valence-electron chi connectivity index (χ2n) is 9.60. The number of carbonyl (C=O) groups excluding carboxylic acids is 3. The van der Waals surface area contributed by atoms with Gasteiger partial charge in [-0.25, -0.2) is 0 Å². The minimum absolute atomic E-state index is 0.0282. The Balaban J connectivity index is 1.63. The number of nitrogens with zero attached hydrogens (tertiary/aromatic N) is 4. The molecule has 1 fully saturated rings. The number of fused-ring (bicyclic) bond motifs is 1. The number of likely N-dealkylation sites (tertiary alicyclic amines) is 1. The Labute approximate surface area is 223 Å². The van der Waals surface area contributed by atoms with Gasteiger partial charge >= 0.3 is 0 Å². The van der Waals surface area contributed by atoms with E-state index in [2.05, 4.69) is 17.0 Å². The van der Waals surface area contributed by atoms with E-state index in [1.807, 2.05) is 24.3 Å². The molecule has 3 amide bonds. The van der Waals surface area contributed by atoms with E-state index in [4.69, 9.17) is 16.3 Å². The van der Waals surface area contributed by atoms with Gasteiger partial charge in [-0.15, -0.1) is 0 Å². The van der Waals surface area contributed by atoms with Crippen molar-refractivity contribution in [3.63, 3.8) is 0 Å². The molecule has 0 unspecified atom stereocenters. The molecule has 0 saturated carbocycles. The van der Waals surface area contributed by atoms with Crippen molar-refractivity contribution in [1.82, 2.24) is 14.7 Å². The molecule has 0 bridgehead atoms. The van der Waals surface area contributed by atoms with Gasteiger partial charge in [0.25, 0.3) is 5.91 Å². The summed E-state index contributed by atoms with van der Waals surface area (Å²) in [6.07, 6.45) is 2.04. The quantitative estimate of drug-likeness (QED) is 0.578. The van der Waals surface area contributed by atoms with E-state index in [0.717, 1.165) is 31.5 Å². The van der Waals surface area contributed by atoms with Crippen LogP contribution in [0, 0.1) is 0 Å². The van der Waals surface area contributed by atoms with Crippen LogP contribution in [0.5, 0.6) is 0 Å². The molecule has 2 aliphatic heterocycles. The molecule has 1 saturated heterocycles. The van der Waals surface area contributed by atoms with Crippen LogP contribution in [0.15, 0.2) is 48.5 Å². The van der Waals surface area contributed by atoms with E-state index < -0.39 is 0 Å². The van der Waals surface area contributed by atoms with Crippen LogP contribution in [0.3, 0.4) is 0 Å². The second-order valence-corrected chi connectivity index (χ2v) is 10.0. The summed E-state index contributed by atoms with van der Waals surface area (Å²) >= 11 is 6.36. The highest BCUT2D eigenvalue weighted by molar-refractivity contribution is 6.31. The van der Waals surface area contributed by atoms with Crippen molar-refractivity contribution >= 4 is 35.0 Å². The van der Waals surface area contributed by atoms with Gasteiger partial charge in [-0.05, 0) is 36.1 Å². The average Bonchev–Trinajstić information content (AvgIpc) is 3.28. The molecule has 8 nitrogen and oxygen atoms in total. The molecule has 4 rings (SSSR count). The van der Waals surface area contributed by atoms with Crippen LogP contribution < -0.4 is 4.90 Å². The van der Waals surface area contributed by atoms with E-state index in [9.17, 15) is 14.4 Å². The van der Waals surface area contributed by atoms with Crippen molar-refractivity contribution < 1.29 is 19.1 Å². The van der Waals surface area contributed by atoms with Crippen LogP contribution >= 0.6 is 11.6 Å². The lowest BCUT2D eigenvalue weighted by Gasteiger charge is -2.29. The Morgan fingerprint density at radius 2 is 1.76 bits per heavy atom. The third-order valence-corrected chi connectivity index (χ3v) is 7.14. The highest BCUT2D eigenvalue weighted by atomic mass is 35.5. The molecule has 0 radical (unpaired) electrons. The molecule has 2 heterocycles. The SMILES string of the molecule is COCC(=O)N1CCCN(Cc2ccccc2)CCN(C(=O)CN2CCCC2=O)Cc2ccc(Cl)cc21. The smallest absolute Gasteiger partial charge is 0.252 e. The van der Waals surface area contributed by atoms with Gasteiger partial charge in [-0.1, -0.05) is 48.0 Å². The summed E-state index contributed by atoms with van der Waals surface area (Å²) in [6.45, 7) is 4.19. The Bertz CT molecular complexity index is 1100. The number of hydrogen-bond acceptors (Lipinski definition) is 5. The van der Waals surface area contributed by atoms with Gasteiger partial charge in [0.05, 0.1) is 12.2 Å². The minimum atomic E-state index is -0.152. The molecular formula is C28H35ClN4O4. The average molecular weight is 527 g/mol. The zero-order chi connectivity index (χ0) is 26.2. The fraction of sp³-hybridized carbons (Fsp3) is 0.464. The predicted octanol–water partition coefficient (Wildman–Crippen LogP) is 3.18. The van der Waals surface area contributed by atoms with Gasteiger partial charge in [-0.3, -0.25) is 19.3 Å². The van der Waals surface area contributed by atoms with Gasteiger partial charge in [0.15, 0.2) is 0 Å². The summed E-state index contributed by atoms with van der Waals surface area (Å²) in [5.41, 5.74) is 2.73. The van der Waals surface area contributed by atoms with E-state index in [0.29, 0.717) is 49.9 Å². The van der Waals surface area contributed by atoms with Crippen LogP contribution in [0.2, 0.25) is 5.02 Å².